The lowest BCUT2D eigenvalue weighted by molar-refractivity contribution is 0.102. The Morgan fingerprint density at radius 2 is 1.91 bits per heavy atom. The maximum Gasteiger partial charge on any atom is 0.276 e. The lowest BCUT2D eigenvalue weighted by Crippen LogP contribution is -2.14. The second kappa shape index (κ2) is 5.18. The molecular formula is C15H18N6O. The number of hydrogen-bond donors (Lipinski definition) is 1. The summed E-state index contributed by atoms with van der Waals surface area (Å²) in [6, 6.07) is 5.56. The van der Waals surface area contributed by atoms with Gasteiger partial charge in [-0.15, -0.1) is 0 Å². The molecule has 3 rings (SSSR count). The molecule has 3 aromatic rings. The van der Waals surface area contributed by atoms with Gasteiger partial charge in [0.2, 0.25) is 0 Å². The van der Waals surface area contributed by atoms with Crippen LogP contribution in [0.3, 0.4) is 0 Å². The van der Waals surface area contributed by atoms with E-state index in [2.05, 4.69) is 15.5 Å². The number of rotatable bonds is 3. The van der Waals surface area contributed by atoms with Crippen molar-refractivity contribution < 1.29 is 4.79 Å². The zero-order valence-corrected chi connectivity index (χ0v) is 13.0. The van der Waals surface area contributed by atoms with Gasteiger partial charge in [-0.25, -0.2) is 4.68 Å². The van der Waals surface area contributed by atoms with E-state index in [1.165, 1.54) is 0 Å². The summed E-state index contributed by atoms with van der Waals surface area (Å²) in [6.45, 7) is 3.78. The zero-order valence-electron chi connectivity index (χ0n) is 13.0. The summed E-state index contributed by atoms with van der Waals surface area (Å²) in [6.07, 6.45) is 3.70. The maximum atomic E-state index is 12.4. The SMILES string of the molecule is Cc1nn(C)c(C)c1NC(=O)c1ccn(-c2cccn2C)n1. The number of anilines is 1. The van der Waals surface area contributed by atoms with Gasteiger partial charge in [-0.1, -0.05) is 0 Å². The van der Waals surface area contributed by atoms with E-state index in [0.29, 0.717) is 5.69 Å². The van der Waals surface area contributed by atoms with Gasteiger partial charge in [0.15, 0.2) is 5.69 Å². The van der Waals surface area contributed by atoms with Crippen LogP contribution >= 0.6 is 0 Å². The lowest BCUT2D eigenvalue weighted by atomic mass is 10.3. The predicted molar refractivity (Wildman–Crippen MR) is 83.2 cm³/mol. The van der Waals surface area contributed by atoms with E-state index < -0.39 is 0 Å². The van der Waals surface area contributed by atoms with Crippen molar-refractivity contribution in [1.29, 1.82) is 0 Å². The van der Waals surface area contributed by atoms with E-state index >= 15 is 0 Å². The van der Waals surface area contributed by atoms with Crippen molar-refractivity contribution in [3.63, 3.8) is 0 Å². The highest BCUT2D eigenvalue weighted by Gasteiger charge is 2.16. The normalized spacial score (nSPS) is 10.9. The van der Waals surface area contributed by atoms with E-state index in [1.54, 1.807) is 21.6 Å². The van der Waals surface area contributed by atoms with Crippen molar-refractivity contribution >= 4 is 11.6 Å². The molecule has 0 saturated carbocycles. The second-order valence-electron chi connectivity index (χ2n) is 5.25. The third kappa shape index (κ3) is 2.30. The Morgan fingerprint density at radius 1 is 1.14 bits per heavy atom. The predicted octanol–water partition coefficient (Wildman–Crippen LogP) is 1.81. The van der Waals surface area contributed by atoms with Crippen molar-refractivity contribution in [3.05, 3.63) is 47.7 Å². The van der Waals surface area contributed by atoms with E-state index in [0.717, 1.165) is 22.9 Å². The molecule has 0 aliphatic heterocycles. The van der Waals surface area contributed by atoms with Crippen LogP contribution in [0.4, 0.5) is 5.69 Å². The van der Waals surface area contributed by atoms with Crippen molar-refractivity contribution in [1.82, 2.24) is 24.1 Å². The third-order valence-corrected chi connectivity index (χ3v) is 3.72. The molecule has 0 atom stereocenters. The number of amides is 1. The third-order valence-electron chi connectivity index (χ3n) is 3.72. The fourth-order valence-electron chi connectivity index (χ4n) is 2.39. The first-order chi connectivity index (χ1) is 10.5. The van der Waals surface area contributed by atoms with Crippen molar-refractivity contribution in [2.75, 3.05) is 5.32 Å². The fraction of sp³-hybridized carbons (Fsp3) is 0.267. The molecule has 22 heavy (non-hydrogen) atoms. The topological polar surface area (TPSA) is 69.7 Å². The van der Waals surface area contributed by atoms with Gasteiger partial charge >= 0.3 is 0 Å². The molecule has 0 radical (unpaired) electrons. The standard InChI is InChI=1S/C15H18N6O/c1-10-14(11(2)20(4)17-10)16-15(22)12-7-9-21(18-12)13-6-5-8-19(13)3/h5-9H,1-4H3,(H,16,22). The smallest absolute Gasteiger partial charge is 0.276 e. The molecule has 1 N–H and O–H groups in total. The van der Waals surface area contributed by atoms with Gasteiger partial charge in [0.1, 0.15) is 5.82 Å². The summed E-state index contributed by atoms with van der Waals surface area (Å²) in [5.74, 6) is 0.653. The van der Waals surface area contributed by atoms with Gasteiger partial charge in [-0.05, 0) is 32.0 Å². The monoisotopic (exact) mass is 298 g/mol. The summed E-state index contributed by atoms with van der Waals surface area (Å²) < 4.78 is 5.36. The van der Waals surface area contributed by atoms with E-state index in [-0.39, 0.29) is 5.91 Å². The summed E-state index contributed by atoms with van der Waals surface area (Å²) in [7, 11) is 3.78. The molecule has 3 aromatic heterocycles. The zero-order chi connectivity index (χ0) is 15.9. The molecule has 0 bridgehead atoms. The Morgan fingerprint density at radius 3 is 2.50 bits per heavy atom. The molecule has 0 aromatic carbocycles. The number of aromatic nitrogens is 5. The van der Waals surface area contributed by atoms with Crippen molar-refractivity contribution in [2.24, 2.45) is 14.1 Å². The molecular weight excluding hydrogens is 280 g/mol. The van der Waals surface area contributed by atoms with Crippen LogP contribution in [0.1, 0.15) is 21.9 Å². The van der Waals surface area contributed by atoms with Crippen LogP contribution in [0, 0.1) is 13.8 Å². The highest BCUT2D eigenvalue weighted by molar-refractivity contribution is 6.03. The maximum absolute atomic E-state index is 12.4. The fourth-order valence-corrected chi connectivity index (χ4v) is 2.39. The Labute approximate surface area is 128 Å². The first kappa shape index (κ1) is 14.1. The molecule has 0 fully saturated rings. The van der Waals surface area contributed by atoms with Crippen LogP contribution in [0.5, 0.6) is 0 Å². The van der Waals surface area contributed by atoms with Gasteiger partial charge in [-0.2, -0.15) is 10.2 Å². The van der Waals surface area contributed by atoms with Crippen LogP contribution in [0.15, 0.2) is 30.6 Å². The minimum Gasteiger partial charge on any atom is -0.336 e. The van der Waals surface area contributed by atoms with Crippen molar-refractivity contribution in [3.8, 4) is 5.82 Å². The number of carbonyl (C=O) groups excluding carboxylic acids is 1. The summed E-state index contributed by atoms with van der Waals surface area (Å²) in [5, 5.41) is 11.5. The van der Waals surface area contributed by atoms with E-state index in [9.17, 15) is 4.79 Å². The van der Waals surface area contributed by atoms with Gasteiger partial charge in [-0.3, -0.25) is 9.48 Å². The Bertz CT molecular complexity index is 838. The van der Waals surface area contributed by atoms with Crippen LogP contribution in [-0.2, 0) is 14.1 Å². The van der Waals surface area contributed by atoms with E-state index in [1.807, 2.05) is 50.8 Å². The lowest BCUT2D eigenvalue weighted by Gasteiger charge is -2.04. The van der Waals surface area contributed by atoms with Gasteiger partial charge < -0.3 is 9.88 Å². The average Bonchev–Trinajstić information content (AvgIpc) is 3.15. The molecule has 0 unspecified atom stereocenters. The first-order valence-corrected chi connectivity index (χ1v) is 6.96. The molecule has 0 aliphatic carbocycles. The molecule has 0 spiro atoms. The second-order valence-corrected chi connectivity index (χ2v) is 5.25. The van der Waals surface area contributed by atoms with E-state index in [4.69, 9.17) is 0 Å². The summed E-state index contributed by atoms with van der Waals surface area (Å²) in [5.41, 5.74) is 2.80. The summed E-state index contributed by atoms with van der Waals surface area (Å²) in [4.78, 5) is 12.4. The number of hydrogen-bond acceptors (Lipinski definition) is 3. The number of nitrogens with zero attached hydrogens (tertiary/aromatic N) is 5. The Hall–Kier alpha value is -2.83. The van der Waals surface area contributed by atoms with Crippen LogP contribution in [-0.4, -0.2) is 30.0 Å². The quantitative estimate of drug-likeness (QED) is 0.802. The molecule has 114 valence electrons. The molecule has 1 amide bonds. The largest absolute Gasteiger partial charge is 0.336 e. The van der Waals surface area contributed by atoms with Gasteiger partial charge in [0.05, 0.1) is 17.1 Å². The number of carbonyl (C=O) groups is 1. The minimum atomic E-state index is -0.243. The van der Waals surface area contributed by atoms with Crippen LogP contribution in [0.25, 0.3) is 5.82 Å². The van der Waals surface area contributed by atoms with Crippen LogP contribution < -0.4 is 5.32 Å². The number of aryl methyl sites for hydroxylation is 3. The molecule has 7 nitrogen and oxygen atoms in total. The van der Waals surface area contributed by atoms with Crippen molar-refractivity contribution in [2.45, 2.75) is 13.8 Å². The van der Waals surface area contributed by atoms with Gasteiger partial charge in [0, 0.05) is 26.5 Å². The molecule has 3 heterocycles. The minimum absolute atomic E-state index is 0.243. The first-order valence-electron chi connectivity index (χ1n) is 6.96. The molecule has 0 aliphatic rings. The van der Waals surface area contributed by atoms with Gasteiger partial charge in [0.25, 0.3) is 5.91 Å². The Balaban J connectivity index is 1.85. The van der Waals surface area contributed by atoms with Crippen LogP contribution in [0.2, 0.25) is 0 Å². The number of nitrogens with one attached hydrogen (secondary N) is 1. The highest BCUT2D eigenvalue weighted by Crippen LogP contribution is 2.19. The highest BCUT2D eigenvalue weighted by atomic mass is 16.2. The average molecular weight is 298 g/mol. The molecule has 0 saturated heterocycles. The summed E-state index contributed by atoms with van der Waals surface area (Å²) >= 11 is 0. The Kier molecular flexibility index (Phi) is 3.32. The molecule has 7 heteroatoms.